The second-order valence-electron chi connectivity index (χ2n) is 8.37. The molecule has 0 aliphatic carbocycles. The molecular formula is C25H25N7O2. The lowest BCUT2D eigenvalue weighted by molar-refractivity contribution is -0.116. The third kappa shape index (κ3) is 4.24. The molecule has 2 aromatic carbocycles. The number of fused-ring (bicyclic) bond motifs is 1. The lowest BCUT2D eigenvalue weighted by atomic mass is 9.96. The summed E-state index contributed by atoms with van der Waals surface area (Å²) in [5, 5.41) is 17.1. The average molecular weight is 456 g/mol. The van der Waals surface area contributed by atoms with Crippen molar-refractivity contribution in [2.75, 3.05) is 5.32 Å². The molecule has 2 N–H and O–H groups in total. The second-order valence-corrected chi connectivity index (χ2v) is 8.37. The number of nitrogens with one attached hydrogen (secondary N) is 2. The molecule has 34 heavy (non-hydrogen) atoms. The maximum absolute atomic E-state index is 13.0. The summed E-state index contributed by atoms with van der Waals surface area (Å²) in [6, 6.07) is 16.1. The van der Waals surface area contributed by atoms with Gasteiger partial charge in [-0.1, -0.05) is 61.9 Å². The number of tetrazole rings is 1. The van der Waals surface area contributed by atoms with Gasteiger partial charge < -0.3 is 4.57 Å². The number of aromatic amines is 1. The van der Waals surface area contributed by atoms with Gasteiger partial charge in [0.05, 0.1) is 0 Å². The molecule has 172 valence electrons. The number of hydrogen-bond acceptors (Lipinski definition) is 6. The Kier molecular flexibility index (Phi) is 5.99. The van der Waals surface area contributed by atoms with Gasteiger partial charge in [-0.3, -0.25) is 14.9 Å². The number of carbonyl (C=O) groups excluding carboxylic acids is 1. The van der Waals surface area contributed by atoms with Gasteiger partial charge >= 0.3 is 0 Å². The van der Waals surface area contributed by atoms with Crippen LogP contribution in [0.4, 0.5) is 5.95 Å². The summed E-state index contributed by atoms with van der Waals surface area (Å²) < 4.78 is 2.00. The number of nitrogens with zero attached hydrogens (tertiary/aromatic N) is 5. The van der Waals surface area contributed by atoms with Crippen LogP contribution in [0.25, 0.3) is 22.5 Å². The molecule has 4 aromatic rings. The molecule has 0 saturated heterocycles. The number of aromatic nitrogens is 6. The van der Waals surface area contributed by atoms with Crippen LogP contribution in [0.5, 0.6) is 0 Å². The zero-order chi connectivity index (χ0) is 23.5. The van der Waals surface area contributed by atoms with Crippen molar-refractivity contribution in [3.05, 3.63) is 75.7 Å². The van der Waals surface area contributed by atoms with Crippen molar-refractivity contribution in [2.45, 2.75) is 45.6 Å². The van der Waals surface area contributed by atoms with E-state index >= 15 is 0 Å². The van der Waals surface area contributed by atoms with Crippen molar-refractivity contribution in [2.24, 2.45) is 0 Å². The first-order chi connectivity index (χ1) is 16.6. The largest absolute Gasteiger partial charge is 0.315 e. The van der Waals surface area contributed by atoms with Gasteiger partial charge in [0.25, 0.3) is 5.56 Å². The Labute approximate surface area is 196 Å². The summed E-state index contributed by atoms with van der Waals surface area (Å²) in [7, 11) is 0. The Morgan fingerprint density at radius 2 is 1.82 bits per heavy atom. The van der Waals surface area contributed by atoms with E-state index in [0.29, 0.717) is 36.7 Å². The molecule has 0 radical (unpaired) electrons. The van der Waals surface area contributed by atoms with E-state index < -0.39 is 0 Å². The van der Waals surface area contributed by atoms with E-state index in [9.17, 15) is 9.59 Å². The molecule has 0 bridgehead atoms. The molecule has 0 fully saturated rings. The summed E-state index contributed by atoms with van der Waals surface area (Å²) in [6.07, 6.45) is 3.65. The number of unbranched alkanes of at least 4 members (excludes halogenated alkanes) is 1. The van der Waals surface area contributed by atoms with Gasteiger partial charge in [0.15, 0.2) is 0 Å². The predicted octanol–water partition coefficient (Wildman–Crippen LogP) is 3.37. The van der Waals surface area contributed by atoms with Crippen molar-refractivity contribution in [1.29, 1.82) is 0 Å². The highest BCUT2D eigenvalue weighted by molar-refractivity contribution is 5.90. The van der Waals surface area contributed by atoms with Crippen molar-refractivity contribution < 1.29 is 4.79 Å². The van der Waals surface area contributed by atoms with Crippen molar-refractivity contribution >= 4 is 11.9 Å². The first-order valence-electron chi connectivity index (χ1n) is 11.5. The molecular weight excluding hydrogens is 430 g/mol. The third-order valence-electron chi connectivity index (χ3n) is 6.14. The maximum atomic E-state index is 13.0. The maximum Gasteiger partial charge on any atom is 0.278 e. The average Bonchev–Trinajstić information content (AvgIpc) is 3.39. The molecule has 0 saturated carbocycles. The topological polar surface area (TPSA) is 118 Å². The number of amides is 1. The standard InChI is InChI=1S/C25H25N7O2/c1-2-3-8-21-20(24(34)27-25-26-22(33)13-14-32(21)25)15-16-9-11-17(12-10-16)18-6-4-5-7-19(18)23-28-30-31-29-23/h4-7,9-12H,2-3,8,13-15H2,1H3,(H,26,27,33,34)(H,28,29,30,31). The van der Waals surface area contributed by atoms with Crippen molar-refractivity contribution in [3.63, 3.8) is 0 Å². The van der Waals surface area contributed by atoms with Crippen LogP contribution in [0.2, 0.25) is 0 Å². The Balaban J connectivity index is 1.47. The second kappa shape index (κ2) is 9.38. The molecule has 1 aliphatic rings. The highest BCUT2D eigenvalue weighted by atomic mass is 16.2. The van der Waals surface area contributed by atoms with Crippen molar-refractivity contribution in [1.82, 2.24) is 30.2 Å². The van der Waals surface area contributed by atoms with Crippen LogP contribution >= 0.6 is 0 Å². The molecule has 1 aliphatic heterocycles. The Hall–Kier alpha value is -4.14. The molecule has 0 unspecified atom stereocenters. The molecule has 9 nitrogen and oxygen atoms in total. The van der Waals surface area contributed by atoms with Gasteiger partial charge in [-0.25, -0.2) is 0 Å². The van der Waals surface area contributed by atoms with Crippen LogP contribution in [0.3, 0.4) is 0 Å². The van der Waals surface area contributed by atoms with Gasteiger partial charge in [-0.15, -0.1) is 10.2 Å². The van der Waals surface area contributed by atoms with Crippen molar-refractivity contribution in [3.8, 4) is 22.5 Å². The minimum atomic E-state index is -0.272. The van der Waals surface area contributed by atoms with E-state index in [1.807, 2.05) is 53.1 Å². The smallest absolute Gasteiger partial charge is 0.278 e. The zero-order valence-corrected chi connectivity index (χ0v) is 18.9. The van der Waals surface area contributed by atoms with Crippen LogP contribution in [0, 0.1) is 0 Å². The van der Waals surface area contributed by atoms with Crippen LogP contribution in [0.15, 0.2) is 53.3 Å². The van der Waals surface area contributed by atoms with E-state index in [-0.39, 0.29) is 11.5 Å². The van der Waals surface area contributed by atoms with Gasteiger partial charge in [0.2, 0.25) is 17.7 Å². The van der Waals surface area contributed by atoms with Gasteiger partial charge in [-0.05, 0) is 34.7 Å². The molecule has 3 heterocycles. The Morgan fingerprint density at radius 3 is 2.56 bits per heavy atom. The van der Waals surface area contributed by atoms with E-state index in [1.165, 1.54) is 0 Å². The summed E-state index contributed by atoms with van der Waals surface area (Å²) in [6.45, 7) is 2.68. The minimum Gasteiger partial charge on any atom is -0.315 e. The van der Waals surface area contributed by atoms with Crippen LogP contribution in [-0.4, -0.2) is 36.1 Å². The lowest BCUT2D eigenvalue weighted by Gasteiger charge is -2.24. The predicted molar refractivity (Wildman–Crippen MR) is 128 cm³/mol. The van der Waals surface area contributed by atoms with Crippen LogP contribution in [-0.2, 0) is 24.2 Å². The fourth-order valence-corrected chi connectivity index (χ4v) is 4.39. The molecule has 0 spiro atoms. The van der Waals surface area contributed by atoms with E-state index in [4.69, 9.17) is 0 Å². The minimum absolute atomic E-state index is 0.0993. The molecule has 1 amide bonds. The Morgan fingerprint density at radius 1 is 1.03 bits per heavy atom. The number of anilines is 1. The first kappa shape index (κ1) is 21.7. The monoisotopic (exact) mass is 455 g/mol. The number of hydrogen-bond donors (Lipinski definition) is 2. The van der Waals surface area contributed by atoms with E-state index in [2.05, 4.69) is 37.8 Å². The number of benzene rings is 2. The first-order valence-corrected chi connectivity index (χ1v) is 11.5. The highest BCUT2D eigenvalue weighted by Crippen LogP contribution is 2.30. The fourth-order valence-electron chi connectivity index (χ4n) is 4.39. The number of rotatable bonds is 7. The molecule has 0 atom stereocenters. The van der Waals surface area contributed by atoms with Gasteiger partial charge in [-0.2, -0.15) is 10.2 Å². The summed E-state index contributed by atoms with van der Waals surface area (Å²) in [5.74, 6) is 0.808. The summed E-state index contributed by atoms with van der Waals surface area (Å²) in [5.41, 5.74) is 5.36. The van der Waals surface area contributed by atoms with Crippen LogP contribution < -0.4 is 10.9 Å². The van der Waals surface area contributed by atoms with E-state index in [1.54, 1.807) is 0 Å². The third-order valence-corrected chi connectivity index (χ3v) is 6.14. The van der Waals surface area contributed by atoms with Gasteiger partial charge in [0.1, 0.15) is 0 Å². The normalized spacial score (nSPS) is 12.9. The fraction of sp³-hybridized carbons (Fsp3) is 0.280. The lowest BCUT2D eigenvalue weighted by Crippen LogP contribution is -2.32. The van der Waals surface area contributed by atoms with E-state index in [0.717, 1.165) is 47.2 Å². The quantitative estimate of drug-likeness (QED) is 0.441. The highest BCUT2D eigenvalue weighted by Gasteiger charge is 2.22. The zero-order valence-electron chi connectivity index (χ0n) is 18.9. The number of H-pyrrole nitrogens is 1. The molecule has 5 rings (SSSR count). The summed E-state index contributed by atoms with van der Waals surface area (Å²) >= 11 is 0. The van der Waals surface area contributed by atoms with Gasteiger partial charge in [0, 0.05) is 36.2 Å². The summed E-state index contributed by atoms with van der Waals surface area (Å²) in [4.78, 5) is 28.9. The molecule has 2 aromatic heterocycles. The Bertz CT molecular complexity index is 1380. The SMILES string of the molecule is CCCCc1c(Cc2ccc(-c3ccccc3-c3nn[nH]n3)cc2)c(=O)nc2n1CCC(=O)N2. The number of carbonyl (C=O) groups is 1. The molecule has 9 heteroatoms. The van der Waals surface area contributed by atoms with Crippen LogP contribution in [0.1, 0.15) is 43.0 Å².